The van der Waals surface area contributed by atoms with Gasteiger partial charge in [-0.25, -0.2) is 4.98 Å². The molecule has 4 heteroatoms. The molecule has 61 heavy (non-hydrogen) atoms. The molecular weight excluding hydrogens is 745 g/mol. The Balaban J connectivity index is 1.01. The van der Waals surface area contributed by atoms with Crippen LogP contribution < -0.4 is 4.90 Å². The Bertz CT molecular complexity index is 3570. The monoisotopic (exact) mass is 780 g/mol. The van der Waals surface area contributed by atoms with Crippen LogP contribution in [0.1, 0.15) is 0 Å². The molecule has 0 N–H and O–H groups in total. The van der Waals surface area contributed by atoms with Crippen molar-refractivity contribution < 1.29 is 8.83 Å². The maximum Gasteiger partial charge on any atom is 0.227 e. The normalized spacial score (nSPS) is 11.6. The van der Waals surface area contributed by atoms with Crippen molar-refractivity contribution in [1.29, 1.82) is 0 Å². The number of benzene rings is 10. The molecule has 2 heterocycles. The van der Waals surface area contributed by atoms with Crippen LogP contribution in [0.25, 0.3) is 99.4 Å². The second-order valence-electron chi connectivity index (χ2n) is 15.5. The van der Waals surface area contributed by atoms with Gasteiger partial charge in [-0.3, -0.25) is 0 Å². The van der Waals surface area contributed by atoms with E-state index < -0.39 is 0 Å². The van der Waals surface area contributed by atoms with Crippen molar-refractivity contribution in [3.05, 3.63) is 218 Å². The first-order valence-corrected chi connectivity index (χ1v) is 20.6. The lowest BCUT2D eigenvalue weighted by Crippen LogP contribution is -2.10. The largest absolute Gasteiger partial charge is 0.456 e. The smallest absolute Gasteiger partial charge is 0.227 e. The minimum Gasteiger partial charge on any atom is -0.456 e. The molecule has 12 rings (SSSR count). The van der Waals surface area contributed by atoms with Crippen LogP contribution in [0, 0.1) is 0 Å². The van der Waals surface area contributed by atoms with Gasteiger partial charge in [-0.05, 0) is 116 Å². The predicted octanol–water partition coefficient (Wildman–Crippen LogP) is 16.2. The second kappa shape index (κ2) is 14.3. The van der Waals surface area contributed by atoms with Crippen LogP contribution in [-0.2, 0) is 0 Å². The molecular formula is C57H36N2O2. The maximum atomic E-state index is 6.45. The van der Waals surface area contributed by atoms with Crippen molar-refractivity contribution in [3.63, 3.8) is 0 Å². The minimum atomic E-state index is 0.607. The van der Waals surface area contributed by atoms with Crippen LogP contribution >= 0.6 is 0 Å². The quantitative estimate of drug-likeness (QED) is 0.162. The van der Waals surface area contributed by atoms with Gasteiger partial charge in [0.1, 0.15) is 16.7 Å². The van der Waals surface area contributed by atoms with Gasteiger partial charge in [0.25, 0.3) is 0 Å². The zero-order valence-corrected chi connectivity index (χ0v) is 33.0. The van der Waals surface area contributed by atoms with E-state index in [9.17, 15) is 0 Å². The van der Waals surface area contributed by atoms with Gasteiger partial charge in [0.2, 0.25) is 5.89 Å². The van der Waals surface area contributed by atoms with Gasteiger partial charge in [0, 0.05) is 44.9 Å². The van der Waals surface area contributed by atoms with Gasteiger partial charge in [-0.1, -0.05) is 146 Å². The number of rotatable bonds is 7. The molecule has 0 aliphatic heterocycles. The molecule has 0 radical (unpaired) electrons. The number of furan rings is 1. The van der Waals surface area contributed by atoms with Crippen LogP contribution in [0.2, 0.25) is 0 Å². The third kappa shape index (κ3) is 6.04. The van der Waals surface area contributed by atoms with Crippen molar-refractivity contribution in [2.75, 3.05) is 4.90 Å². The lowest BCUT2D eigenvalue weighted by Gasteiger charge is -2.27. The van der Waals surface area contributed by atoms with Crippen LogP contribution in [-0.4, -0.2) is 4.98 Å². The molecule has 0 saturated heterocycles. The Morgan fingerprint density at radius 1 is 0.311 bits per heavy atom. The molecule has 12 aromatic rings. The Labute approximate surface area is 352 Å². The van der Waals surface area contributed by atoms with Gasteiger partial charge in [-0.15, -0.1) is 0 Å². The second-order valence-corrected chi connectivity index (χ2v) is 15.5. The number of para-hydroxylation sites is 1. The number of anilines is 3. The van der Waals surface area contributed by atoms with Gasteiger partial charge >= 0.3 is 0 Å². The summed E-state index contributed by atoms with van der Waals surface area (Å²) in [5.74, 6) is 0.607. The van der Waals surface area contributed by atoms with Crippen LogP contribution in [0.3, 0.4) is 0 Å². The Morgan fingerprint density at radius 2 is 0.902 bits per heavy atom. The lowest BCUT2D eigenvalue weighted by atomic mass is 9.92. The molecule has 0 fully saturated rings. The maximum absolute atomic E-state index is 6.45. The van der Waals surface area contributed by atoms with E-state index in [1.165, 1.54) is 22.1 Å². The fourth-order valence-corrected chi connectivity index (χ4v) is 8.92. The van der Waals surface area contributed by atoms with E-state index in [2.05, 4.69) is 205 Å². The predicted molar refractivity (Wildman–Crippen MR) is 253 cm³/mol. The Hall–Kier alpha value is -8.21. The SMILES string of the molecule is c1ccc(-c2ccc(-c3nc4c(ccc5c(-c6cc(N(c7ccc(-c8ccccc8)cc7)c7ccc8c(c7)oc7ccccc78)cc7ccccc67)cccc54)o3)cc2)cc1. The summed E-state index contributed by atoms with van der Waals surface area (Å²) in [6.45, 7) is 0. The zero-order valence-electron chi connectivity index (χ0n) is 33.0. The van der Waals surface area contributed by atoms with E-state index in [1.807, 2.05) is 18.2 Å². The highest BCUT2D eigenvalue weighted by molar-refractivity contribution is 6.13. The number of nitrogens with zero attached hydrogens (tertiary/aromatic N) is 2. The summed E-state index contributed by atoms with van der Waals surface area (Å²) < 4.78 is 12.9. The third-order valence-electron chi connectivity index (χ3n) is 11.9. The summed E-state index contributed by atoms with van der Waals surface area (Å²) in [5, 5.41) is 6.68. The van der Waals surface area contributed by atoms with Crippen molar-refractivity contribution in [2.45, 2.75) is 0 Å². The molecule has 0 saturated carbocycles. The van der Waals surface area contributed by atoms with E-state index >= 15 is 0 Å². The van der Waals surface area contributed by atoms with Crippen LogP contribution in [0.5, 0.6) is 0 Å². The standard InChI is InChI=1S/C57H36N2O2/c1-3-12-37(13-4-1)39-22-24-41(25-23-39)57-58-56-51-20-11-19-47(48(51)32-33-54(56)61-57)52-35-45(34-42-16-7-8-17-46(42)52)59(43-28-26-40(27-29-43)38-14-5-2-6-15-38)44-30-31-50-49-18-9-10-21-53(49)60-55(50)36-44/h1-36H. The highest BCUT2D eigenvalue weighted by Crippen LogP contribution is 2.44. The van der Waals surface area contributed by atoms with E-state index in [-0.39, 0.29) is 0 Å². The number of fused-ring (bicyclic) bond motifs is 7. The summed E-state index contributed by atoms with van der Waals surface area (Å²) in [4.78, 5) is 7.46. The number of aromatic nitrogens is 1. The van der Waals surface area contributed by atoms with Crippen molar-refractivity contribution in [1.82, 2.24) is 4.98 Å². The summed E-state index contributed by atoms with van der Waals surface area (Å²) in [6.07, 6.45) is 0. The van der Waals surface area contributed by atoms with E-state index in [1.54, 1.807) is 0 Å². The van der Waals surface area contributed by atoms with E-state index in [0.717, 1.165) is 88.5 Å². The van der Waals surface area contributed by atoms with E-state index in [4.69, 9.17) is 13.8 Å². The summed E-state index contributed by atoms with van der Waals surface area (Å²) in [5.41, 5.74) is 14.3. The molecule has 0 aliphatic carbocycles. The Morgan fingerprint density at radius 3 is 1.67 bits per heavy atom. The molecule has 0 amide bonds. The number of oxazole rings is 1. The van der Waals surface area contributed by atoms with E-state index in [0.29, 0.717) is 5.89 Å². The van der Waals surface area contributed by atoms with Gasteiger partial charge in [0.15, 0.2) is 5.58 Å². The molecule has 0 aliphatic rings. The molecule has 0 atom stereocenters. The lowest BCUT2D eigenvalue weighted by molar-refractivity contribution is 0.620. The average Bonchev–Trinajstić information content (AvgIpc) is 3.94. The zero-order chi connectivity index (χ0) is 40.3. The number of hydrogen-bond donors (Lipinski definition) is 0. The topological polar surface area (TPSA) is 42.4 Å². The third-order valence-corrected chi connectivity index (χ3v) is 11.9. The highest BCUT2D eigenvalue weighted by Gasteiger charge is 2.20. The summed E-state index contributed by atoms with van der Waals surface area (Å²) >= 11 is 0. The number of hydrogen-bond acceptors (Lipinski definition) is 4. The first kappa shape index (κ1) is 34.8. The first-order valence-electron chi connectivity index (χ1n) is 20.6. The molecule has 0 unspecified atom stereocenters. The van der Waals surface area contributed by atoms with Crippen LogP contribution in [0.15, 0.2) is 227 Å². The summed E-state index contributed by atoms with van der Waals surface area (Å²) in [7, 11) is 0. The van der Waals surface area contributed by atoms with Crippen LogP contribution in [0.4, 0.5) is 17.1 Å². The van der Waals surface area contributed by atoms with Crippen molar-refractivity contribution >= 4 is 71.6 Å². The van der Waals surface area contributed by atoms with Gasteiger partial charge in [-0.2, -0.15) is 0 Å². The molecule has 0 spiro atoms. The molecule has 286 valence electrons. The minimum absolute atomic E-state index is 0.607. The first-order chi connectivity index (χ1) is 30.2. The molecule has 0 bridgehead atoms. The summed E-state index contributed by atoms with van der Waals surface area (Å²) in [6, 6.07) is 77.1. The molecule has 4 nitrogen and oxygen atoms in total. The molecule has 10 aromatic carbocycles. The fourth-order valence-electron chi connectivity index (χ4n) is 8.92. The highest BCUT2D eigenvalue weighted by atomic mass is 16.3. The van der Waals surface area contributed by atoms with Crippen molar-refractivity contribution in [2.24, 2.45) is 0 Å². The fraction of sp³-hybridized carbons (Fsp3) is 0. The van der Waals surface area contributed by atoms with Gasteiger partial charge < -0.3 is 13.7 Å². The Kier molecular flexibility index (Phi) is 8.13. The molecule has 2 aromatic heterocycles. The van der Waals surface area contributed by atoms with Crippen molar-refractivity contribution in [3.8, 4) is 44.8 Å². The van der Waals surface area contributed by atoms with Gasteiger partial charge in [0.05, 0.1) is 0 Å². The average molecular weight is 781 g/mol.